The van der Waals surface area contributed by atoms with E-state index in [2.05, 4.69) is 25.8 Å². The monoisotopic (exact) mass is 492 g/mol. The molecule has 3 aromatic rings. The van der Waals surface area contributed by atoms with Gasteiger partial charge in [0.05, 0.1) is 12.2 Å². The quantitative estimate of drug-likeness (QED) is 0.481. The van der Waals surface area contributed by atoms with Crippen LogP contribution in [0.1, 0.15) is 38.9 Å². The molecule has 0 atom stereocenters. The number of rotatable bonds is 8. The Labute approximate surface area is 224 Å². The predicted molar refractivity (Wildman–Crippen MR) is 128 cm³/mol. The third-order valence-electron chi connectivity index (χ3n) is 5.24. The van der Waals surface area contributed by atoms with E-state index in [0.29, 0.717) is 17.0 Å². The summed E-state index contributed by atoms with van der Waals surface area (Å²) >= 11 is 0. The zero-order valence-corrected chi connectivity index (χ0v) is 23.0. The van der Waals surface area contributed by atoms with Crippen LogP contribution in [0.2, 0.25) is 0 Å². The molecule has 0 radical (unpaired) electrons. The summed E-state index contributed by atoms with van der Waals surface area (Å²) in [4.78, 5) is 15.0. The predicted octanol–water partition coefficient (Wildman–Crippen LogP) is 1.66. The van der Waals surface area contributed by atoms with Crippen LogP contribution in [0.3, 0.4) is 0 Å². The fourth-order valence-corrected chi connectivity index (χ4v) is 4.85. The number of benzene rings is 2. The van der Waals surface area contributed by atoms with Crippen LogP contribution in [-0.4, -0.2) is 31.1 Å². The number of hydrogen-bond donors (Lipinski definition) is 1. The van der Waals surface area contributed by atoms with Crippen LogP contribution in [0.5, 0.6) is 5.75 Å². The van der Waals surface area contributed by atoms with Gasteiger partial charge < -0.3 is 11.3 Å². The first kappa shape index (κ1) is 27.9. The maximum atomic E-state index is 13.6. The van der Waals surface area contributed by atoms with Crippen molar-refractivity contribution < 1.29 is 54.0 Å². The molecule has 1 N–H and O–H groups in total. The van der Waals surface area contributed by atoms with Crippen molar-refractivity contribution in [2.75, 3.05) is 10.9 Å². The Morgan fingerprint density at radius 2 is 1.76 bits per heavy atom. The number of aromatic nitrogens is 1. The van der Waals surface area contributed by atoms with Crippen LogP contribution in [0.4, 0.5) is 5.69 Å². The van der Waals surface area contributed by atoms with Gasteiger partial charge in [-0.15, -0.1) is 0 Å². The summed E-state index contributed by atoms with van der Waals surface area (Å²) in [6.07, 6.45) is 2.82. The Morgan fingerprint density at radius 3 is 2.32 bits per heavy atom. The molecule has 0 aliphatic rings. The van der Waals surface area contributed by atoms with Gasteiger partial charge in [0.25, 0.3) is 10.0 Å². The van der Waals surface area contributed by atoms with E-state index in [1.165, 1.54) is 22.8 Å². The number of pyridine rings is 1. The number of aliphatic carboxylic acids is 1. The summed E-state index contributed by atoms with van der Waals surface area (Å²) in [5, 5.41) is 8.96. The minimum atomic E-state index is -3.96. The van der Waals surface area contributed by atoms with Gasteiger partial charge in [-0.1, -0.05) is 51.1 Å². The smallest absolute Gasteiger partial charge is 1.00 e. The summed E-state index contributed by atoms with van der Waals surface area (Å²) in [5.41, 5.74) is 2.87. The van der Waals surface area contributed by atoms with E-state index in [0.717, 1.165) is 11.1 Å². The number of hydrogen-bond acceptors (Lipinski definition) is 5. The second kappa shape index (κ2) is 11.4. The number of anilines is 1. The average Bonchev–Trinajstić information content (AvgIpc) is 2.77. The van der Waals surface area contributed by atoms with Crippen molar-refractivity contribution in [3.05, 3.63) is 83.7 Å². The average molecular weight is 493 g/mol. The van der Waals surface area contributed by atoms with Crippen LogP contribution in [0, 0.1) is 6.92 Å². The Kier molecular flexibility index (Phi) is 9.30. The number of ether oxygens (including phenoxy) is 1. The van der Waals surface area contributed by atoms with Crippen molar-refractivity contribution in [2.45, 2.75) is 44.6 Å². The van der Waals surface area contributed by atoms with E-state index in [4.69, 9.17) is 9.84 Å². The standard InChI is InChI=1S/C25H28N2O5S.Na.H/c1-18-22(8-5-9-23(18)32-17-24(28)29)27(33(30,31)21-7-6-14-26-15-21)16-19-10-12-20(13-11-19)25(2,3)4;;/h5-15H,16-17H2,1-4H3,(H,28,29);;/q;+1;-1. The molecule has 0 bridgehead atoms. The molecule has 2 aromatic carbocycles. The molecule has 0 aliphatic carbocycles. The van der Waals surface area contributed by atoms with E-state index in [-0.39, 0.29) is 47.8 Å². The van der Waals surface area contributed by atoms with Crippen LogP contribution in [0.25, 0.3) is 0 Å². The molecule has 1 heterocycles. The molecule has 1 aromatic heterocycles. The molecular weight excluding hydrogens is 463 g/mol. The summed E-state index contributed by atoms with van der Waals surface area (Å²) in [6, 6.07) is 15.9. The number of carboxylic acids is 1. The second-order valence-electron chi connectivity index (χ2n) is 8.73. The van der Waals surface area contributed by atoms with E-state index in [1.54, 1.807) is 31.2 Å². The summed E-state index contributed by atoms with van der Waals surface area (Å²) in [7, 11) is -3.96. The van der Waals surface area contributed by atoms with E-state index >= 15 is 0 Å². The van der Waals surface area contributed by atoms with Crippen molar-refractivity contribution in [1.82, 2.24) is 4.98 Å². The van der Waals surface area contributed by atoms with E-state index in [1.807, 2.05) is 24.3 Å². The fraction of sp³-hybridized carbons (Fsp3) is 0.280. The van der Waals surface area contributed by atoms with Gasteiger partial charge in [0.15, 0.2) is 6.61 Å². The Hall–Kier alpha value is -2.39. The van der Waals surface area contributed by atoms with E-state index in [9.17, 15) is 13.2 Å². The van der Waals surface area contributed by atoms with E-state index < -0.39 is 22.6 Å². The maximum absolute atomic E-state index is 13.6. The molecule has 0 spiro atoms. The van der Waals surface area contributed by atoms with Crippen molar-refractivity contribution in [3.8, 4) is 5.75 Å². The summed E-state index contributed by atoms with van der Waals surface area (Å²) in [6.45, 7) is 7.63. The topological polar surface area (TPSA) is 96.8 Å². The number of carbonyl (C=O) groups is 1. The van der Waals surface area contributed by atoms with Crippen molar-refractivity contribution in [2.24, 2.45) is 0 Å². The molecule has 0 fully saturated rings. The molecule has 3 rings (SSSR count). The number of sulfonamides is 1. The third kappa shape index (κ3) is 6.60. The van der Waals surface area contributed by atoms with Gasteiger partial charge in [-0.05, 0) is 47.7 Å². The van der Waals surface area contributed by atoms with Crippen molar-refractivity contribution in [1.29, 1.82) is 0 Å². The van der Waals surface area contributed by atoms with Gasteiger partial charge in [-0.3, -0.25) is 9.29 Å². The molecule has 0 saturated heterocycles. The SMILES string of the molecule is Cc1c(OCC(=O)O)cccc1N(Cc1ccc(C(C)(C)C)cc1)S(=O)(=O)c1cccnc1.[H-].[Na+]. The number of carboxylic acid groups (broad SMARTS) is 1. The first-order chi connectivity index (χ1) is 15.5. The van der Waals surface area contributed by atoms with Crippen LogP contribution in [0.15, 0.2) is 71.9 Å². The van der Waals surface area contributed by atoms with Gasteiger partial charge in [0.1, 0.15) is 10.6 Å². The van der Waals surface area contributed by atoms with Crippen LogP contribution >= 0.6 is 0 Å². The Balaban J connectivity index is 0.00000306. The summed E-state index contributed by atoms with van der Waals surface area (Å²) < 4.78 is 34.0. The molecule has 34 heavy (non-hydrogen) atoms. The van der Waals surface area contributed by atoms with Crippen LogP contribution in [-0.2, 0) is 26.8 Å². The largest absolute Gasteiger partial charge is 1.00 e. The Bertz CT molecular complexity index is 1230. The van der Waals surface area contributed by atoms with Gasteiger partial charge >= 0.3 is 35.5 Å². The van der Waals surface area contributed by atoms with Crippen LogP contribution < -0.4 is 38.6 Å². The maximum Gasteiger partial charge on any atom is 1.00 e. The van der Waals surface area contributed by atoms with Crippen molar-refractivity contribution in [3.63, 3.8) is 0 Å². The zero-order valence-electron chi connectivity index (χ0n) is 21.1. The molecule has 176 valence electrons. The molecular formula is C25H29N2NaO5S. The number of nitrogens with zero attached hydrogens (tertiary/aromatic N) is 2. The van der Waals surface area contributed by atoms with Gasteiger partial charge in [0.2, 0.25) is 0 Å². The minimum absolute atomic E-state index is 0. The molecule has 9 heteroatoms. The first-order valence-electron chi connectivity index (χ1n) is 10.5. The molecule has 0 aliphatic heterocycles. The van der Waals surface area contributed by atoms with Gasteiger partial charge in [0, 0.05) is 18.0 Å². The molecule has 0 amide bonds. The Morgan fingerprint density at radius 1 is 1.09 bits per heavy atom. The molecule has 7 nitrogen and oxygen atoms in total. The molecule has 0 unspecified atom stereocenters. The van der Waals surface area contributed by atoms with Crippen molar-refractivity contribution >= 4 is 21.7 Å². The third-order valence-corrected chi connectivity index (χ3v) is 6.99. The normalized spacial score (nSPS) is 11.4. The molecule has 0 saturated carbocycles. The minimum Gasteiger partial charge on any atom is -1.00 e. The fourth-order valence-electron chi connectivity index (χ4n) is 3.37. The first-order valence-corrected chi connectivity index (χ1v) is 11.9. The second-order valence-corrected chi connectivity index (χ2v) is 10.6. The van der Waals surface area contributed by atoms with Gasteiger partial charge in [-0.25, -0.2) is 13.2 Å². The van der Waals surface area contributed by atoms with Gasteiger partial charge in [-0.2, -0.15) is 0 Å². The summed E-state index contributed by atoms with van der Waals surface area (Å²) in [5.74, 6) is -0.803. The zero-order chi connectivity index (χ0) is 24.2.